The van der Waals surface area contributed by atoms with E-state index in [-0.39, 0.29) is 0 Å². The van der Waals surface area contributed by atoms with E-state index < -0.39 is 11.0 Å². The summed E-state index contributed by atoms with van der Waals surface area (Å²) in [5.41, 5.74) is 1.15. The minimum atomic E-state index is -3.00. The first-order valence-corrected chi connectivity index (χ1v) is 13.2. The Balaban J connectivity index is 2.05. The molecule has 3 atom stereocenters. The van der Waals surface area contributed by atoms with Crippen LogP contribution in [0.4, 0.5) is 0 Å². The van der Waals surface area contributed by atoms with Gasteiger partial charge in [0.25, 0.3) is 0 Å². The van der Waals surface area contributed by atoms with Crippen molar-refractivity contribution in [1.82, 2.24) is 0 Å². The van der Waals surface area contributed by atoms with Gasteiger partial charge >= 0.3 is 0 Å². The molecule has 0 aliphatic carbocycles. The largest absolute Gasteiger partial charge is 0.311 e. The third kappa shape index (κ3) is 3.38. The normalized spacial score (nSPS) is 25.4. The summed E-state index contributed by atoms with van der Waals surface area (Å²) >= 11 is 3.77. The summed E-state index contributed by atoms with van der Waals surface area (Å²) in [5, 5.41) is 2.76. The van der Waals surface area contributed by atoms with E-state index in [1.165, 1.54) is 0 Å². The van der Waals surface area contributed by atoms with Crippen molar-refractivity contribution >= 4 is 41.3 Å². The van der Waals surface area contributed by atoms with Gasteiger partial charge in [0.05, 0.1) is 0 Å². The van der Waals surface area contributed by atoms with E-state index in [0.717, 1.165) is 22.6 Å². The molecule has 1 unspecified atom stereocenters. The van der Waals surface area contributed by atoms with Crippen LogP contribution in [0.1, 0.15) is 25.8 Å². The molecule has 0 amide bonds. The van der Waals surface area contributed by atoms with E-state index in [2.05, 4.69) is 38.1 Å². The zero-order valence-corrected chi connectivity index (χ0v) is 18.7. The highest BCUT2D eigenvalue weighted by Crippen LogP contribution is 2.75. The second-order valence-corrected chi connectivity index (χ2v) is 14.4. The van der Waals surface area contributed by atoms with Gasteiger partial charge in [-0.1, -0.05) is 105 Å². The van der Waals surface area contributed by atoms with Crippen molar-refractivity contribution in [2.45, 2.75) is 34.6 Å². The Morgan fingerprint density at radius 2 is 1.11 bits per heavy atom. The van der Waals surface area contributed by atoms with Crippen LogP contribution in [0.2, 0.25) is 0 Å². The molecule has 0 aromatic heterocycles. The predicted octanol–water partition coefficient (Wildman–Crippen LogP) is 6.46. The van der Waals surface area contributed by atoms with Gasteiger partial charge < -0.3 is 4.57 Å². The molecular weight excluding hydrogens is 399 g/mol. The van der Waals surface area contributed by atoms with Crippen molar-refractivity contribution in [3.63, 3.8) is 0 Å². The summed E-state index contributed by atoms with van der Waals surface area (Å²) in [7, 11) is -3.00. The molecule has 0 radical (unpaired) electrons. The van der Waals surface area contributed by atoms with Gasteiger partial charge in [-0.05, 0) is 12.0 Å². The Hall–Kier alpha value is -1.41. The third-order valence-corrected chi connectivity index (χ3v) is 13.4. The molecule has 1 heterocycles. The lowest BCUT2D eigenvalue weighted by atomic mass is 10.2. The van der Waals surface area contributed by atoms with Crippen molar-refractivity contribution in [3.8, 4) is 0 Å². The van der Waals surface area contributed by atoms with Crippen molar-refractivity contribution in [1.29, 1.82) is 0 Å². The molecule has 4 heteroatoms. The molecule has 1 nitrogen and oxygen atoms in total. The van der Waals surface area contributed by atoms with Crippen LogP contribution in [-0.4, -0.2) is 10.5 Å². The maximum absolute atomic E-state index is 15.3. The molecule has 0 spiro atoms. The summed E-state index contributed by atoms with van der Waals surface area (Å²) in [6, 6.07) is 30.7. The van der Waals surface area contributed by atoms with Gasteiger partial charge in [-0.2, -0.15) is 0 Å². The van der Waals surface area contributed by atoms with Crippen LogP contribution in [0, 0.1) is 0 Å². The fourth-order valence-corrected chi connectivity index (χ4v) is 14.0. The molecule has 0 saturated carbocycles. The molecule has 3 aromatic carbocycles. The molecule has 1 fully saturated rings. The monoisotopic (exact) mass is 424 g/mol. The molecule has 0 bridgehead atoms. The van der Waals surface area contributed by atoms with Crippen LogP contribution in [0.25, 0.3) is 0 Å². The van der Waals surface area contributed by atoms with Gasteiger partial charge in [0.15, 0.2) is 7.14 Å². The Bertz CT molecular complexity index is 906. The zero-order chi connectivity index (χ0) is 19.6. The highest BCUT2D eigenvalue weighted by molar-refractivity contribution is 8.27. The second kappa shape index (κ2) is 8.14. The van der Waals surface area contributed by atoms with Crippen molar-refractivity contribution in [2.75, 3.05) is 0 Å². The maximum atomic E-state index is 15.3. The van der Waals surface area contributed by atoms with Crippen LogP contribution in [0.3, 0.4) is 0 Å². The summed E-state index contributed by atoms with van der Waals surface area (Å²) in [6.45, 7) is 4.55. The van der Waals surface area contributed by atoms with Gasteiger partial charge in [0.2, 0.25) is 0 Å². The number of benzene rings is 3. The fourth-order valence-electron chi connectivity index (χ4n) is 4.02. The third-order valence-electron chi connectivity index (χ3n) is 5.18. The van der Waals surface area contributed by atoms with Gasteiger partial charge in [0.1, 0.15) is 3.82 Å². The minimum absolute atomic E-state index is 0.442. The molecule has 28 heavy (non-hydrogen) atoms. The maximum Gasteiger partial charge on any atom is 0.172 e. The van der Waals surface area contributed by atoms with E-state index in [4.69, 9.17) is 0 Å². The van der Waals surface area contributed by atoms with E-state index in [1.54, 1.807) is 0 Å². The summed E-state index contributed by atoms with van der Waals surface area (Å²) < 4.78 is 14.8. The topological polar surface area (TPSA) is 17.1 Å². The van der Waals surface area contributed by atoms with Crippen LogP contribution >= 0.6 is 30.7 Å². The summed E-state index contributed by atoms with van der Waals surface area (Å²) in [4.78, 5) is 0. The van der Waals surface area contributed by atoms with Gasteiger partial charge in [-0.25, -0.2) is 0 Å². The SMILES string of the molecule is C[C@@H]1C[C@H](C)SC(c2ccccc2)(P(=O)(c2ccccc2)c2ccccc2)S1. The highest BCUT2D eigenvalue weighted by atomic mass is 32.2. The number of hydrogen-bond donors (Lipinski definition) is 0. The lowest BCUT2D eigenvalue weighted by Crippen LogP contribution is -2.37. The number of rotatable bonds is 4. The summed E-state index contributed by atoms with van der Waals surface area (Å²) in [5.74, 6) is 0. The molecule has 1 aliphatic rings. The molecule has 1 aliphatic heterocycles. The smallest absolute Gasteiger partial charge is 0.172 e. The van der Waals surface area contributed by atoms with E-state index >= 15 is 4.57 Å². The predicted molar refractivity (Wildman–Crippen MR) is 127 cm³/mol. The van der Waals surface area contributed by atoms with E-state index in [9.17, 15) is 0 Å². The Kier molecular flexibility index (Phi) is 5.78. The Morgan fingerprint density at radius 3 is 1.54 bits per heavy atom. The quantitative estimate of drug-likeness (QED) is 0.448. The van der Waals surface area contributed by atoms with Crippen LogP contribution in [0.5, 0.6) is 0 Å². The van der Waals surface area contributed by atoms with Crippen molar-refractivity contribution in [3.05, 3.63) is 96.6 Å². The highest BCUT2D eigenvalue weighted by Gasteiger charge is 2.55. The van der Waals surface area contributed by atoms with Crippen LogP contribution in [0.15, 0.2) is 91.0 Å². The first-order valence-electron chi connectivity index (χ1n) is 9.69. The standard InChI is InChI=1S/C24H25OPS2/c1-19-18-20(2)28-24(27-19,21-12-6-3-7-13-21)26(25,22-14-8-4-9-15-22)23-16-10-5-11-17-23/h3-17,19-20H,18H2,1-2H3/t19-,20+,24?. The van der Waals surface area contributed by atoms with Crippen LogP contribution < -0.4 is 10.6 Å². The number of hydrogen-bond acceptors (Lipinski definition) is 3. The van der Waals surface area contributed by atoms with Crippen LogP contribution in [-0.2, 0) is 8.39 Å². The first kappa shape index (κ1) is 19.9. The van der Waals surface area contributed by atoms with E-state index in [0.29, 0.717) is 10.5 Å². The average Bonchev–Trinajstić information content (AvgIpc) is 2.74. The average molecular weight is 425 g/mol. The molecule has 1 saturated heterocycles. The van der Waals surface area contributed by atoms with Gasteiger partial charge in [-0.15, -0.1) is 23.5 Å². The minimum Gasteiger partial charge on any atom is -0.311 e. The zero-order valence-electron chi connectivity index (χ0n) is 16.2. The molecular formula is C24H25OPS2. The number of thioether (sulfide) groups is 2. The lowest BCUT2D eigenvalue weighted by Gasteiger charge is -2.47. The molecule has 3 aromatic rings. The Labute approximate surface area is 176 Å². The molecule has 144 valence electrons. The molecule has 4 rings (SSSR count). The van der Waals surface area contributed by atoms with E-state index in [1.807, 2.05) is 90.3 Å². The fraction of sp³-hybridized carbons (Fsp3) is 0.250. The van der Waals surface area contributed by atoms with Crippen molar-refractivity contribution in [2.24, 2.45) is 0 Å². The molecule has 0 N–H and O–H groups in total. The Morgan fingerprint density at radius 1 is 0.714 bits per heavy atom. The van der Waals surface area contributed by atoms with Crippen molar-refractivity contribution < 1.29 is 4.57 Å². The summed E-state index contributed by atoms with van der Waals surface area (Å²) in [6.07, 6.45) is 1.13. The van der Waals surface area contributed by atoms with Gasteiger partial charge in [-0.3, -0.25) is 0 Å². The van der Waals surface area contributed by atoms with Gasteiger partial charge in [0, 0.05) is 21.1 Å². The lowest BCUT2D eigenvalue weighted by molar-refractivity contribution is 0.583. The first-order chi connectivity index (χ1) is 13.6. The second-order valence-electron chi connectivity index (χ2n) is 7.32.